The first kappa shape index (κ1) is 19.1. The fraction of sp³-hybridized carbons (Fsp3) is 0.619. The van der Waals surface area contributed by atoms with Crippen LogP contribution in [0.2, 0.25) is 0 Å². The van der Waals surface area contributed by atoms with Crippen molar-refractivity contribution in [2.75, 3.05) is 13.1 Å². The summed E-state index contributed by atoms with van der Waals surface area (Å²) in [6.07, 6.45) is 14.0. The largest absolute Gasteiger partial charge is 0.352 e. The predicted octanol–water partition coefficient (Wildman–Crippen LogP) is 2.71. The lowest BCUT2D eigenvalue weighted by atomic mass is 10.00. The highest BCUT2D eigenvalue weighted by molar-refractivity contribution is 5.78. The van der Waals surface area contributed by atoms with Crippen molar-refractivity contribution in [3.63, 3.8) is 0 Å². The van der Waals surface area contributed by atoms with E-state index in [9.17, 15) is 4.79 Å². The monoisotopic (exact) mass is 382 g/mol. The number of hydrogen-bond acceptors (Lipinski definition) is 5. The molecule has 3 heterocycles. The molecule has 2 fully saturated rings. The maximum Gasteiger partial charge on any atom is 0.227 e. The van der Waals surface area contributed by atoms with Crippen LogP contribution in [0.5, 0.6) is 0 Å². The number of piperidine rings is 1. The zero-order valence-corrected chi connectivity index (χ0v) is 16.4. The Morgan fingerprint density at radius 3 is 2.82 bits per heavy atom. The molecule has 1 aliphatic heterocycles. The number of aromatic nitrogens is 4. The van der Waals surface area contributed by atoms with Crippen LogP contribution >= 0.6 is 0 Å². The van der Waals surface area contributed by atoms with Gasteiger partial charge in [-0.2, -0.15) is 5.10 Å². The third kappa shape index (κ3) is 4.95. The van der Waals surface area contributed by atoms with E-state index in [-0.39, 0.29) is 18.4 Å². The van der Waals surface area contributed by atoms with Gasteiger partial charge in [0.1, 0.15) is 5.82 Å². The van der Waals surface area contributed by atoms with Crippen molar-refractivity contribution in [3.8, 4) is 11.4 Å². The van der Waals surface area contributed by atoms with Crippen LogP contribution in [0.4, 0.5) is 0 Å². The number of carbonyl (C=O) groups is 1. The average molecular weight is 383 g/mol. The molecule has 1 saturated heterocycles. The van der Waals surface area contributed by atoms with E-state index in [1.165, 1.54) is 45.1 Å². The molecule has 7 heteroatoms. The number of amides is 1. The summed E-state index contributed by atoms with van der Waals surface area (Å²) in [6.45, 7) is 2.15. The van der Waals surface area contributed by atoms with Gasteiger partial charge in [0.2, 0.25) is 5.91 Å². The summed E-state index contributed by atoms with van der Waals surface area (Å²) < 4.78 is 0. The standard InChI is InChI=1S/C21H30N6O/c28-20(13-19-24-21(26-25-19)16-7-5-11-22-14-16)23-17-8-6-12-27(15-17)18-9-3-1-2-4-10-18/h5,7,11,14,17-18H,1-4,6,8-10,12-13,15H2,(H,23,28)(H,24,25,26). The molecule has 1 aliphatic carbocycles. The van der Waals surface area contributed by atoms with Crippen LogP contribution in [-0.2, 0) is 11.2 Å². The van der Waals surface area contributed by atoms with Crippen molar-refractivity contribution in [2.24, 2.45) is 0 Å². The van der Waals surface area contributed by atoms with Gasteiger partial charge < -0.3 is 5.32 Å². The molecule has 1 unspecified atom stereocenters. The van der Waals surface area contributed by atoms with Crippen molar-refractivity contribution >= 4 is 5.91 Å². The van der Waals surface area contributed by atoms with Gasteiger partial charge in [-0.25, -0.2) is 4.98 Å². The Kier molecular flexibility index (Phi) is 6.31. The van der Waals surface area contributed by atoms with Crippen molar-refractivity contribution in [1.82, 2.24) is 30.4 Å². The summed E-state index contributed by atoms with van der Waals surface area (Å²) in [5, 5.41) is 10.3. The average Bonchev–Trinajstić information content (AvgIpc) is 3.01. The SMILES string of the molecule is O=C(Cc1nc(-c2cccnc2)n[nH]1)NC1CCCN(C2CCCCCC2)C1. The summed E-state index contributed by atoms with van der Waals surface area (Å²) in [5.41, 5.74) is 0.844. The minimum Gasteiger partial charge on any atom is -0.352 e. The molecule has 0 bridgehead atoms. The van der Waals surface area contributed by atoms with Gasteiger partial charge in [0.15, 0.2) is 5.82 Å². The Labute approximate surface area is 166 Å². The zero-order chi connectivity index (χ0) is 19.2. The molecule has 0 radical (unpaired) electrons. The van der Waals surface area contributed by atoms with Gasteiger partial charge in [0, 0.05) is 36.6 Å². The smallest absolute Gasteiger partial charge is 0.227 e. The quantitative estimate of drug-likeness (QED) is 0.777. The van der Waals surface area contributed by atoms with Crippen molar-refractivity contribution in [2.45, 2.75) is 69.9 Å². The Morgan fingerprint density at radius 1 is 1.18 bits per heavy atom. The predicted molar refractivity (Wildman–Crippen MR) is 108 cm³/mol. The third-order valence-corrected chi connectivity index (χ3v) is 5.94. The Bertz CT molecular complexity index is 753. The summed E-state index contributed by atoms with van der Waals surface area (Å²) in [4.78, 5) is 23.7. The van der Waals surface area contributed by atoms with Crippen molar-refractivity contribution in [3.05, 3.63) is 30.4 Å². The molecule has 2 aromatic heterocycles. The Hall–Kier alpha value is -2.28. The molecule has 1 amide bonds. The molecule has 4 rings (SSSR count). The first-order valence-electron chi connectivity index (χ1n) is 10.6. The van der Waals surface area contributed by atoms with Gasteiger partial charge in [-0.05, 0) is 44.4 Å². The van der Waals surface area contributed by atoms with Crippen LogP contribution in [0, 0.1) is 0 Å². The number of rotatable bonds is 5. The van der Waals surface area contributed by atoms with Crippen LogP contribution in [0.25, 0.3) is 11.4 Å². The van der Waals surface area contributed by atoms with Gasteiger partial charge in [-0.15, -0.1) is 0 Å². The third-order valence-electron chi connectivity index (χ3n) is 5.94. The van der Waals surface area contributed by atoms with E-state index in [1.807, 2.05) is 12.1 Å². The maximum absolute atomic E-state index is 12.5. The lowest BCUT2D eigenvalue weighted by molar-refractivity contribution is -0.121. The molecular weight excluding hydrogens is 352 g/mol. The molecule has 0 aromatic carbocycles. The summed E-state index contributed by atoms with van der Waals surface area (Å²) in [5.74, 6) is 1.18. The van der Waals surface area contributed by atoms with E-state index in [0.29, 0.717) is 17.7 Å². The second kappa shape index (κ2) is 9.28. The number of carbonyl (C=O) groups excluding carboxylic acids is 1. The van der Waals surface area contributed by atoms with Gasteiger partial charge in [-0.3, -0.25) is 19.8 Å². The molecule has 2 N–H and O–H groups in total. The zero-order valence-electron chi connectivity index (χ0n) is 16.4. The second-order valence-electron chi connectivity index (χ2n) is 8.07. The molecule has 0 spiro atoms. The first-order chi connectivity index (χ1) is 13.8. The summed E-state index contributed by atoms with van der Waals surface area (Å²) >= 11 is 0. The van der Waals surface area contributed by atoms with Crippen LogP contribution in [0.3, 0.4) is 0 Å². The molecule has 7 nitrogen and oxygen atoms in total. The van der Waals surface area contributed by atoms with E-state index >= 15 is 0 Å². The lowest BCUT2D eigenvalue weighted by Crippen LogP contribution is -2.51. The number of nitrogens with zero attached hydrogens (tertiary/aromatic N) is 4. The summed E-state index contributed by atoms with van der Waals surface area (Å²) in [6, 6.07) is 4.70. The molecule has 150 valence electrons. The number of pyridine rings is 1. The van der Waals surface area contributed by atoms with Crippen LogP contribution < -0.4 is 5.32 Å². The topological polar surface area (TPSA) is 86.8 Å². The van der Waals surface area contributed by atoms with Gasteiger partial charge >= 0.3 is 0 Å². The number of nitrogens with one attached hydrogen (secondary N) is 2. The first-order valence-corrected chi connectivity index (χ1v) is 10.6. The van der Waals surface area contributed by atoms with Crippen molar-refractivity contribution in [1.29, 1.82) is 0 Å². The van der Waals surface area contributed by atoms with E-state index in [1.54, 1.807) is 12.4 Å². The van der Waals surface area contributed by atoms with Gasteiger partial charge in [0.05, 0.1) is 6.42 Å². The molecule has 1 saturated carbocycles. The maximum atomic E-state index is 12.5. The summed E-state index contributed by atoms with van der Waals surface area (Å²) in [7, 11) is 0. The van der Waals surface area contributed by atoms with Crippen LogP contribution in [0.1, 0.15) is 57.2 Å². The molecule has 2 aromatic rings. The highest BCUT2D eigenvalue weighted by Crippen LogP contribution is 2.24. The Morgan fingerprint density at radius 2 is 2.04 bits per heavy atom. The van der Waals surface area contributed by atoms with E-state index in [2.05, 4.69) is 30.4 Å². The lowest BCUT2D eigenvalue weighted by Gasteiger charge is -2.38. The molecule has 2 aliphatic rings. The minimum atomic E-state index is 0.0154. The highest BCUT2D eigenvalue weighted by Gasteiger charge is 2.27. The van der Waals surface area contributed by atoms with E-state index < -0.39 is 0 Å². The van der Waals surface area contributed by atoms with Crippen LogP contribution in [0.15, 0.2) is 24.5 Å². The fourth-order valence-electron chi connectivity index (χ4n) is 4.51. The van der Waals surface area contributed by atoms with Gasteiger partial charge in [0.25, 0.3) is 0 Å². The van der Waals surface area contributed by atoms with E-state index in [4.69, 9.17) is 0 Å². The normalized spacial score (nSPS) is 21.9. The van der Waals surface area contributed by atoms with Crippen LogP contribution in [-0.4, -0.2) is 56.1 Å². The molecular formula is C21H30N6O. The number of hydrogen-bond donors (Lipinski definition) is 2. The fourth-order valence-corrected chi connectivity index (χ4v) is 4.51. The van der Waals surface area contributed by atoms with Gasteiger partial charge in [-0.1, -0.05) is 25.7 Å². The second-order valence-corrected chi connectivity index (χ2v) is 8.07. The number of likely N-dealkylation sites (tertiary alicyclic amines) is 1. The minimum absolute atomic E-state index is 0.0154. The number of H-pyrrole nitrogens is 1. The number of aromatic amines is 1. The molecule has 1 atom stereocenters. The van der Waals surface area contributed by atoms with Crippen molar-refractivity contribution < 1.29 is 4.79 Å². The Balaban J connectivity index is 1.29. The highest BCUT2D eigenvalue weighted by atomic mass is 16.1. The van der Waals surface area contributed by atoms with E-state index in [0.717, 1.165) is 24.9 Å². The molecule has 28 heavy (non-hydrogen) atoms.